The third-order valence-corrected chi connectivity index (χ3v) is 7.71. The maximum absolute atomic E-state index is 13.1. The molecule has 8 nitrogen and oxygen atoms in total. The first-order valence-corrected chi connectivity index (χ1v) is 13.1. The minimum absolute atomic E-state index is 0.169. The SMILES string of the molecule is O=S(=O)(Nc1nc2ccccc2nc1N1CCCC(c2nc3ccccc3[nH]2)C1)c1ccccc1. The highest BCUT2D eigenvalue weighted by Crippen LogP contribution is 2.33. The molecule has 1 saturated heterocycles. The van der Waals surface area contributed by atoms with Gasteiger partial charge in [0, 0.05) is 19.0 Å². The van der Waals surface area contributed by atoms with E-state index in [0.29, 0.717) is 17.9 Å². The van der Waals surface area contributed by atoms with Gasteiger partial charge in [0.1, 0.15) is 5.82 Å². The number of hydrogen-bond donors (Lipinski definition) is 2. The number of aromatic amines is 1. The number of rotatable bonds is 5. The van der Waals surface area contributed by atoms with E-state index in [0.717, 1.165) is 41.8 Å². The number of sulfonamides is 1. The van der Waals surface area contributed by atoms with Gasteiger partial charge in [0.05, 0.1) is 27.0 Å². The number of fused-ring (bicyclic) bond motifs is 2. The fourth-order valence-electron chi connectivity index (χ4n) is 4.62. The van der Waals surface area contributed by atoms with Crippen molar-refractivity contribution in [3.63, 3.8) is 0 Å². The zero-order valence-corrected chi connectivity index (χ0v) is 19.7. The topological polar surface area (TPSA) is 104 Å². The van der Waals surface area contributed by atoms with Crippen LogP contribution in [0.25, 0.3) is 22.1 Å². The van der Waals surface area contributed by atoms with E-state index < -0.39 is 10.0 Å². The van der Waals surface area contributed by atoms with Crippen molar-refractivity contribution in [2.75, 3.05) is 22.7 Å². The van der Waals surface area contributed by atoms with Gasteiger partial charge in [0.25, 0.3) is 10.0 Å². The maximum Gasteiger partial charge on any atom is 0.263 e. The van der Waals surface area contributed by atoms with Crippen molar-refractivity contribution in [1.29, 1.82) is 0 Å². The first kappa shape index (κ1) is 21.5. The second kappa shape index (κ2) is 8.66. The van der Waals surface area contributed by atoms with Crippen LogP contribution in [0.2, 0.25) is 0 Å². The van der Waals surface area contributed by atoms with Crippen LogP contribution in [0.1, 0.15) is 24.6 Å². The van der Waals surface area contributed by atoms with Crippen LogP contribution in [0, 0.1) is 0 Å². The Kier molecular flexibility index (Phi) is 5.33. The van der Waals surface area contributed by atoms with E-state index >= 15 is 0 Å². The Morgan fingerprint density at radius 1 is 0.829 bits per heavy atom. The third kappa shape index (κ3) is 4.19. The Balaban J connectivity index is 1.38. The van der Waals surface area contributed by atoms with Crippen LogP contribution < -0.4 is 9.62 Å². The Bertz CT molecular complexity index is 1580. The number of para-hydroxylation sites is 4. The van der Waals surface area contributed by atoms with Crippen molar-refractivity contribution in [2.45, 2.75) is 23.7 Å². The monoisotopic (exact) mass is 484 g/mol. The largest absolute Gasteiger partial charge is 0.353 e. The summed E-state index contributed by atoms with van der Waals surface area (Å²) in [6, 6.07) is 23.8. The summed E-state index contributed by atoms with van der Waals surface area (Å²) in [5.41, 5.74) is 3.31. The molecule has 0 radical (unpaired) electrons. The molecule has 3 heterocycles. The summed E-state index contributed by atoms with van der Waals surface area (Å²) in [6.45, 7) is 1.41. The molecule has 0 bridgehead atoms. The lowest BCUT2D eigenvalue weighted by molar-refractivity contribution is 0.493. The number of nitrogens with one attached hydrogen (secondary N) is 2. The van der Waals surface area contributed by atoms with Gasteiger partial charge < -0.3 is 9.88 Å². The van der Waals surface area contributed by atoms with Crippen LogP contribution in [0.5, 0.6) is 0 Å². The molecule has 9 heteroatoms. The fourth-order valence-corrected chi connectivity index (χ4v) is 5.65. The first-order valence-electron chi connectivity index (χ1n) is 11.6. The second-order valence-electron chi connectivity index (χ2n) is 8.73. The van der Waals surface area contributed by atoms with E-state index in [9.17, 15) is 8.42 Å². The van der Waals surface area contributed by atoms with Gasteiger partial charge in [-0.3, -0.25) is 4.72 Å². The normalized spacial score (nSPS) is 16.6. The van der Waals surface area contributed by atoms with E-state index in [1.54, 1.807) is 30.3 Å². The number of H-pyrrole nitrogens is 1. The third-order valence-electron chi connectivity index (χ3n) is 6.35. The van der Waals surface area contributed by atoms with Crippen molar-refractivity contribution < 1.29 is 8.42 Å². The van der Waals surface area contributed by atoms with Gasteiger partial charge >= 0.3 is 0 Å². The predicted molar refractivity (Wildman–Crippen MR) is 137 cm³/mol. The van der Waals surface area contributed by atoms with Crippen LogP contribution in [-0.2, 0) is 10.0 Å². The van der Waals surface area contributed by atoms with Crippen molar-refractivity contribution in [1.82, 2.24) is 19.9 Å². The number of anilines is 2. The van der Waals surface area contributed by atoms with Crippen LogP contribution in [0.3, 0.4) is 0 Å². The van der Waals surface area contributed by atoms with Crippen LogP contribution >= 0.6 is 0 Å². The number of piperidine rings is 1. The standard InChI is InChI=1S/C26H24N6O2S/c33-35(34,19-10-2-1-3-11-19)31-25-26(30-23-15-7-6-14-22(23)29-25)32-16-8-9-18(17-32)24-27-20-12-4-5-13-21(20)28-24/h1-7,10-15,18H,8-9,16-17H2,(H,27,28)(H,29,31). The molecule has 0 amide bonds. The quantitative estimate of drug-likeness (QED) is 0.375. The molecule has 176 valence electrons. The highest BCUT2D eigenvalue weighted by molar-refractivity contribution is 7.92. The molecule has 6 rings (SSSR count). The second-order valence-corrected chi connectivity index (χ2v) is 10.4. The van der Waals surface area contributed by atoms with Crippen molar-refractivity contribution in [2.24, 2.45) is 0 Å². The lowest BCUT2D eigenvalue weighted by Gasteiger charge is -2.33. The molecule has 5 aromatic rings. The Morgan fingerprint density at radius 3 is 2.29 bits per heavy atom. The molecule has 1 atom stereocenters. The zero-order chi connectivity index (χ0) is 23.8. The van der Waals surface area contributed by atoms with Crippen molar-refractivity contribution >= 4 is 43.7 Å². The van der Waals surface area contributed by atoms with Crippen LogP contribution in [0.4, 0.5) is 11.6 Å². The zero-order valence-electron chi connectivity index (χ0n) is 18.9. The summed E-state index contributed by atoms with van der Waals surface area (Å²) in [4.78, 5) is 20.1. The van der Waals surface area contributed by atoms with E-state index in [-0.39, 0.29) is 16.6 Å². The minimum atomic E-state index is -3.82. The Morgan fingerprint density at radius 2 is 1.51 bits per heavy atom. The van der Waals surface area contributed by atoms with Gasteiger partial charge in [-0.2, -0.15) is 0 Å². The van der Waals surface area contributed by atoms with E-state index in [1.165, 1.54) is 0 Å². The highest BCUT2D eigenvalue weighted by Gasteiger charge is 2.28. The molecule has 1 unspecified atom stereocenters. The van der Waals surface area contributed by atoms with Crippen molar-refractivity contribution in [3.05, 3.63) is 84.7 Å². The van der Waals surface area contributed by atoms with E-state index in [1.807, 2.05) is 48.5 Å². The van der Waals surface area contributed by atoms with Gasteiger partial charge in [-0.25, -0.2) is 23.4 Å². The summed E-state index contributed by atoms with van der Waals surface area (Å²) in [5.74, 6) is 1.88. The fraction of sp³-hybridized carbons (Fsp3) is 0.192. The lowest BCUT2D eigenvalue weighted by Crippen LogP contribution is -2.36. The average Bonchev–Trinajstić information content (AvgIpc) is 3.33. The van der Waals surface area contributed by atoms with Gasteiger partial charge in [-0.1, -0.05) is 42.5 Å². The van der Waals surface area contributed by atoms with Crippen LogP contribution in [0.15, 0.2) is 83.8 Å². The van der Waals surface area contributed by atoms with Crippen LogP contribution in [-0.4, -0.2) is 41.4 Å². The van der Waals surface area contributed by atoms with E-state index in [2.05, 4.69) is 19.6 Å². The predicted octanol–water partition coefficient (Wildman–Crippen LogP) is 4.69. The van der Waals surface area contributed by atoms with Gasteiger partial charge in [0.15, 0.2) is 11.6 Å². The minimum Gasteiger partial charge on any atom is -0.353 e. The molecule has 0 aliphatic carbocycles. The molecular formula is C26H24N6O2S. The molecule has 1 fully saturated rings. The Labute approximate surface area is 203 Å². The Hall–Kier alpha value is -3.98. The molecule has 1 aliphatic rings. The number of nitrogens with zero attached hydrogens (tertiary/aromatic N) is 4. The molecule has 35 heavy (non-hydrogen) atoms. The molecule has 2 aromatic heterocycles. The van der Waals surface area contributed by atoms with Gasteiger partial charge in [-0.15, -0.1) is 0 Å². The number of aromatic nitrogens is 4. The summed E-state index contributed by atoms with van der Waals surface area (Å²) >= 11 is 0. The molecule has 1 aliphatic heterocycles. The summed E-state index contributed by atoms with van der Waals surface area (Å²) < 4.78 is 29.0. The molecule has 0 spiro atoms. The molecular weight excluding hydrogens is 460 g/mol. The first-order chi connectivity index (χ1) is 17.1. The lowest BCUT2D eigenvalue weighted by atomic mass is 9.97. The average molecular weight is 485 g/mol. The summed E-state index contributed by atoms with van der Waals surface area (Å²) in [7, 11) is -3.82. The van der Waals surface area contributed by atoms with Gasteiger partial charge in [0.2, 0.25) is 0 Å². The van der Waals surface area contributed by atoms with Crippen molar-refractivity contribution in [3.8, 4) is 0 Å². The molecule has 2 N–H and O–H groups in total. The van der Waals surface area contributed by atoms with Gasteiger partial charge in [-0.05, 0) is 49.2 Å². The molecule has 3 aromatic carbocycles. The number of imidazole rings is 1. The highest BCUT2D eigenvalue weighted by atomic mass is 32.2. The maximum atomic E-state index is 13.1. The smallest absolute Gasteiger partial charge is 0.263 e. The summed E-state index contributed by atoms with van der Waals surface area (Å²) in [5, 5.41) is 0. The molecule has 0 saturated carbocycles. The summed E-state index contributed by atoms with van der Waals surface area (Å²) in [6.07, 6.45) is 1.92. The van der Waals surface area contributed by atoms with E-state index in [4.69, 9.17) is 9.97 Å². The number of hydrogen-bond acceptors (Lipinski definition) is 6. The number of benzene rings is 3.